The highest BCUT2D eigenvalue weighted by molar-refractivity contribution is 7.96. The number of hydrogen-bond acceptors (Lipinski definition) is 8. The molecule has 0 aliphatic carbocycles. The van der Waals surface area contributed by atoms with Gasteiger partial charge in [0.2, 0.25) is 0 Å². The fourth-order valence-electron chi connectivity index (χ4n) is 4.55. The van der Waals surface area contributed by atoms with Crippen LogP contribution in [0.5, 0.6) is 5.75 Å². The van der Waals surface area contributed by atoms with Crippen molar-refractivity contribution in [3.63, 3.8) is 0 Å². The molecule has 0 aromatic carbocycles. The zero-order valence-corrected chi connectivity index (χ0v) is 20.8. The predicted molar refractivity (Wildman–Crippen MR) is 129 cm³/mol. The molecule has 0 fully saturated rings. The Kier molecular flexibility index (Phi) is 6.71. The van der Waals surface area contributed by atoms with Crippen LogP contribution in [-0.2, 0) is 15.3 Å². The lowest BCUT2D eigenvalue weighted by molar-refractivity contribution is -0.0500. The van der Waals surface area contributed by atoms with Crippen LogP contribution in [-0.4, -0.2) is 49.1 Å². The summed E-state index contributed by atoms with van der Waals surface area (Å²) in [5.74, 6) is -1.49. The molecule has 0 spiro atoms. The molecule has 36 heavy (non-hydrogen) atoms. The lowest BCUT2D eigenvalue weighted by Crippen LogP contribution is -2.59. The molecule has 4 rings (SSSR count). The van der Waals surface area contributed by atoms with E-state index in [1.165, 1.54) is 18.2 Å². The summed E-state index contributed by atoms with van der Waals surface area (Å²) in [5, 5.41) is 1.87. The molecule has 0 saturated heterocycles. The van der Waals surface area contributed by atoms with Crippen LogP contribution >= 0.6 is 0 Å². The van der Waals surface area contributed by atoms with Gasteiger partial charge in [-0.15, -0.1) is 0 Å². The van der Waals surface area contributed by atoms with Crippen LogP contribution in [0.4, 0.5) is 19.0 Å². The molecule has 9 nitrogen and oxygen atoms in total. The number of nitrogens with one attached hydrogen (secondary N) is 1. The summed E-state index contributed by atoms with van der Waals surface area (Å²) < 4.78 is 61.9. The normalized spacial score (nSPS) is 27.3. The first kappa shape index (κ1) is 25.9. The third kappa shape index (κ3) is 4.40. The number of carbonyl (C=O) groups is 1. The lowest BCUT2D eigenvalue weighted by atomic mass is 9.88. The Morgan fingerprint density at radius 3 is 2.64 bits per heavy atom. The molecule has 2 aliphatic rings. The zero-order valence-electron chi connectivity index (χ0n) is 20.0. The number of amides is 1. The summed E-state index contributed by atoms with van der Waals surface area (Å²) >= 11 is 0. The molecule has 0 saturated carbocycles. The standard InChI is InChI=1S/C23H27F3N6O3S/c1-22(2)20(27)32-23(3,16-6-4-5-11-29-36(16,22)34)18-14(24)8-10-17(30-18)31-19(33)15-9-7-13(12-28-15)35-21(25)26/h7-10,12,16,21H,4-6,11H2,1-3H3,(H2,27,32)(H,30,31,33)/t16-,23+,36-/m1/s1. The molecule has 3 N–H and O–H groups in total. The first-order valence-electron chi connectivity index (χ1n) is 11.3. The van der Waals surface area contributed by atoms with Gasteiger partial charge < -0.3 is 15.8 Å². The molecule has 2 aliphatic heterocycles. The molecule has 4 heterocycles. The summed E-state index contributed by atoms with van der Waals surface area (Å²) in [6.07, 6.45) is 2.97. The van der Waals surface area contributed by atoms with Crippen LogP contribution in [0.1, 0.15) is 56.2 Å². The van der Waals surface area contributed by atoms with Crippen LogP contribution in [0.3, 0.4) is 0 Å². The van der Waals surface area contributed by atoms with Crippen LogP contribution in [0.2, 0.25) is 0 Å². The largest absolute Gasteiger partial charge is 0.433 e. The van der Waals surface area contributed by atoms with Crippen molar-refractivity contribution >= 4 is 27.3 Å². The van der Waals surface area contributed by atoms with Crippen LogP contribution < -0.4 is 15.8 Å². The van der Waals surface area contributed by atoms with Gasteiger partial charge in [-0.05, 0) is 57.9 Å². The minimum Gasteiger partial charge on any atom is -0.433 e. The van der Waals surface area contributed by atoms with E-state index in [1.54, 1.807) is 20.8 Å². The number of nitrogens with two attached hydrogens (primary N) is 1. The van der Waals surface area contributed by atoms with E-state index in [9.17, 15) is 17.8 Å². The van der Waals surface area contributed by atoms with Crippen molar-refractivity contribution in [2.45, 2.75) is 62.2 Å². The zero-order chi connectivity index (χ0) is 26.3. The fraction of sp³-hybridized carbons (Fsp3) is 0.478. The summed E-state index contributed by atoms with van der Waals surface area (Å²) in [6, 6.07) is 4.78. The SMILES string of the molecule is CC1(C)C(N)=N[C@](C)(c2nc(NC(=O)c3ccc(OC(F)F)cn3)ccc2F)[C@H]2CCCCN=[S@@]21=O. The van der Waals surface area contributed by atoms with Crippen molar-refractivity contribution in [2.24, 2.45) is 15.1 Å². The molecule has 0 bridgehead atoms. The Bertz CT molecular complexity index is 1320. The number of alkyl halides is 2. The second kappa shape index (κ2) is 9.34. The van der Waals surface area contributed by atoms with Crippen LogP contribution in [0.15, 0.2) is 39.8 Å². The highest BCUT2D eigenvalue weighted by Gasteiger charge is 2.56. The van der Waals surface area contributed by atoms with E-state index in [-0.39, 0.29) is 28.8 Å². The minimum absolute atomic E-state index is 0.00277. The third-order valence-electron chi connectivity index (χ3n) is 6.63. The molecule has 3 atom stereocenters. The van der Waals surface area contributed by atoms with Crippen LogP contribution in [0, 0.1) is 5.82 Å². The first-order chi connectivity index (χ1) is 16.9. The van der Waals surface area contributed by atoms with Crippen molar-refractivity contribution in [3.8, 4) is 5.75 Å². The molecule has 0 radical (unpaired) electrons. The molecule has 194 valence electrons. The Morgan fingerprint density at radius 1 is 1.22 bits per heavy atom. The summed E-state index contributed by atoms with van der Waals surface area (Å²) in [6.45, 7) is 2.51. The van der Waals surface area contributed by atoms with E-state index in [0.717, 1.165) is 25.1 Å². The van der Waals surface area contributed by atoms with E-state index in [4.69, 9.17) is 5.73 Å². The number of carbonyl (C=O) groups excluding carboxylic acids is 1. The Labute approximate surface area is 206 Å². The number of pyridine rings is 2. The number of hydrogen-bond donors (Lipinski definition) is 2. The van der Waals surface area contributed by atoms with E-state index in [1.807, 2.05) is 0 Å². The second-order valence-corrected chi connectivity index (χ2v) is 12.3. The maximum atomic E-state index is 15.2. The van der Waals surface area contributed by atoms with E-state index in [2.05, 4.69) is 29.4 Å². The van der Waals surface area contributed by atoms with E-state index < -0.39 is 43.6 Å². The highest BCUT2D eigenvalue weighted by atomic mass is 32.2. The van der Waals surface area contributed by atoms with Gasteiger partial charge in [0.15, 0.2) is 0 Å². The average molecular weight is 525 g/mol. The maximum Gasteiger partial charge on any atom is 0.387 e. The van der Waals surface area contributed by atoms with Gasteiger partial charge in [-0.1, -0.05) is 6.42 Å². The predicted octanol–water partition coefficient (Wildman–Crippen LogP) is 3.85. The second-order valence-electron chi connectivity index (χ2n) is 9.30. The number of anilines is 1. The van der Waals surface area contributed by atoms with E-state index >= 15 is 4.39 Å². The van der Waals surface area contributed by atoms with Gasteiger partial charge in [0.25, 0.3) is 5.91 Å². The number of fused-ring (bicyclic) bond motifs is 1. The number of aromatic nitrogens is 2. The summed E-state index contributed by atoms with van der Waals surface area (Å²) in [5.41, 5.74) is 4.69. The number of rotatable bonds is 5. The Hall–Kier alpha value is -3.22. The topological polar surface area (TPSA) is 132 Å². The average Bonchev–Trinajstić information content (AvgIpc) is 3.02. The lowest BCUT2D eigenvalue weighted by Gasteiger charge is -2.45. The number of aliphatic imine (C=N–C) groups is 1. The quantitative estimate of drug-likeness (QED) is 0.611. The summed E-state index contributed by atoms with van der Waals surface area (Å²) in [7, 11) is -2.96. The number of halogens is 3. The fourth-order valence-corrected chi connectivity index (χ4v) is 7.78. The maximum absolute atomic E-state index is 15.2. The Morgan fingerprint density at radius 2 is 1.97 bits per heavy atom. The highest BCUT2D eigenvalue weighted by Crippen LogP contribution is 2.46. The molecule has 1 amide bonds. The van der Waals surface area contributed by atoms with Crippen molar-refractivity contribution in [2.75, 3.05) is 11.9 Å². The minimum atomic E-state index is -3.02. The van der Waals surface area contributed by atoms with Crippen molar-refractivity contribution in [1.29, 1.82) is 0 Å². The summed E-state index contributed by atoms with van der Waals surface area (Å²) in [4.78, 5) is 25.4. The van der Waals surface area contributed by atoms with Crippen molar-refractivity contribution in [3.05, 3.63) is 47.7 Å². The van der Waals surface area contributed by atoms with Gasteiger partial charge in [0.1, 0.15) is 44.9 Å². The molecular weight excluding hydrogens is 497 g/mol. The van der Waals surface area contributed by atoms with Crippen molar-refractivity contribution in [1.82, 2.24) is 9.97 Å². The molecule has 2 aromatic rings. The van der Waals surface area contributed by atoms with Gasteiger partial charge in [0, 0.05) is 6.54 Å². The van der Waals surface area contributed by atoms with Gasteiger partial charge in [-0.3, -0.25) is 9.79 Å². The number of amidine groups is 1. The van der Waals surface area contributed by atoms with Crippen LogP contribution in [0.25, 0.3) is 0 Å². The van der Waals surface area contributed by atoms with Gasteiger partial charge in [-0.25, -0.2) is 22.9 Å². The number of ether oxygens (including phenoxy) is 1. The molecule has 13 heteroatoms. The third-order valence-corrected chi connectivity index (χ3v) is 10.3. The molecule has 2 aromatic heterocycles. The van der Waals surface area contributed by atoms with Crippen molar-refractivity contribution < 1.29 is 26.9 Å². The first-order valence-corrected chi connectivity index (χ1v) is 12.9. The monoisotopic (exact) mass is 524 g/mol. The smallest absolute Gasteiger partial charge is 0.387 e. The molecule has 0 unspecified atom stereocenters. The van der Waals surface area contributed by atoms with Gasteiger partial charge in [0.05, 0.1) is 21.2 Å². The van der Waals surface area contributed by atoms with Gasteiger partial charge >= 0.3 is 6.61 Å². The van der Waals surface area contributed by atoms with E-state index in [0.29, 0.717) is 13.0 Å². The number of nitrogens with zero attached hydrogens (tertiary/aromatic N) is 4. The van der Waals surface area contributed by atoms with Gasteiger partial charge in [-0.2, -0.15) is 8.78 Å². The molecular formula is C23H27F3N6O3S. The Balaban J connectivity index is 1.70.